The van der Waals surface area contributed by atoms with E-state index in [9.17, 15) is 19.2 Å². The zero-order chi connectivity index (χ0) is 26.9. The number of ketones is 1. The summed E-state index contributed by atoms with van der Waals surface area (Å²) in [7, 11) is 3.10. The minimum absolute atomic E-state index is 0.100. The molecule has 1 atom stereocenters. The van der Waals surface area contributed by atoms with Crippen molar-refractivity contribution in [3.05, 3.63) is 63.4 Å². The van der Waals surface area contributed by atoms with Gasteiger partial charge in [-0.15, -0.1) is 0 Å². The molecule has 1 aromatic carbocycles. The molecule has 11 heteroatoms. The van der Waals surface area contributed by atoms with E-state index in [1.165, 1.54) is 10.8 Å². The number of carbonyl (C=O) groups is 3. The van der Waals surface area contributed by atoms with Crippen LogP contribution in [0.5, 0.6) is 0 Å². The lowest BCUT2D eigenvalue weighted by Gasteiger charge is -2.35. The number of amides is 1. The number of Topliss-reactive ketones (excluding diaryl/α,β-unsaturated/α-hetero) is 1. The first-order valence-electron chi connectivity index (χ1n) is 12.4. The largest absolute Gasteiger partial charge is 0.457 e. The van der Waals surface area contributed by atoms with Crippen molar-refractivity contribution in [2.45, 2.75) is 45.4 Å². The van der Waals surface area contributed by atoms with Gasteiger partial charge in [-0.05, 0) is 31.5 Å². The summed E-state index contributed by atoms with van der Waals surface area (Å²) in [6.07, 6.45) is -0.160. The number of nitrogens with one attached hydrogen (secondary N) is 1. The molecule has 0 bridgehead atoms. The topological polar surface area (TPSA) is 117 Å². The number of para-hydroxylation sites is 1. The number of nitrogens with zero attached hydrogens (tertiary/aromatic N) is 2. The lowest BCUT2D eigenvalue weighted by atomic mass is 9.85. The molecular formula is C27H27N3O6S2. The number of ether oxygens (including phenoxy) is 2. The molecule has 2 aliphatic heterocycles. The third-order valence-electron chi connectivity index (χ3n) is 6.73. The quantitative estimate of drug-likeness (QED) is 0.185. The maximum Gasteiger partial charge on any atom is 0.408 e. The molecule has 2 aromatic heterocycles. The highest BCUT2D eigenvalue weighted by atomic mass is 33.1. The second-order valence-electron chi connectivity index (χ2n) is 9.17. The van der Waals surface area contributed by atoms with Crippen LogP contribution in [0.15, 0.2) is 41.2 Å². The van der Waals surface area contributed by atoms with Crippen molar-refractivity contribution in [1.29, 1.82) is 0 Å². The van der Waals surface area contributed by atoms with Crippen molar-refractivity contribution in [2.24, 2.45) is 0 Å². The van der Waals surface area contributed by atoms with Gasteiger partial charge in [0.2, 0.25) is 5.60 Å². The molecule has 9 nitrogen and oxygen atoms in total. The molecule has 5 rings (SSSR count). The molecule has 0 unspecified atom stereocenters. The number of hydrogen-bond acceptors (Lipinski definition) is 9. The van der Waals surface area contributed by atoms with Gasteiger partial charge in [0, 0.05) is 41.0 Å². The lowest BCUT2D eigenvalue weighted by Crippen LogP contribution is -2.49. The van der Waals surface area contributed by atoms with E-state index in [4.69, 9.17) is 14.5 Å². The minimum atomic E-state index is -1.74. The Kier molecular flexibility index (Phi) is 7.49. The van der Waals surface area contributed by atoms with Crippen LogP contribution in [0, 0.1) is 0 Å². The number of esters is 1. The number of pyridine rings is 2. The van der Waals surface area contributed by atoms with Gasteiger partial charge in [-0.25, -0.2) is 14.6 Å². The standard InChI is InChI=1S/C27H27N3O6S2/c1-3-27(36-26(34)28-9-11-38-37-10-8-16(2)31)20-13-22-23-18(12-17-6-4-5-7-21(17)29-23)14-30(22)24(32)19(20)15-35-25(27)33/h4-7,12-13H,3,8-11,14-15H2,1-2H3,(H,28,34)/t27-/m0/s1. The van der Waals surface area contributed by atoms with Crippen molar-refractivity contribution in [3.8, 4) is 11.4 Å². The summed E-state index contributed by atoms with van der Waals surface area (Å²) in [5.74, 6) is 0.746. The highest BCUT2D eigenvalue weighted by molar-refractivity contribution is 8.76. The Balaban J connectivity index is 1.40. The molecule has 0 radical (unpaired) electrons. The van der Waals surface area contributed by atoms with E-state index in [1.807, 2.05) is 30.3 Å². The van der Waals surface area contributed by atoms with E-state index in [2.05, 4.69) is 5.32 Å². The average molecular weight is 554 g/mol. The van der Waals surface area contributed by atoms with E-state index in [0.29, 0.717) is 53.5 Å². The van der Waals surface area contributed by atoms with Gasteiger partial charge >= 0.3 is 12.1 Å². The molecule has 38 heavy (non-hydrogen) atoms. The zero-order valence-electron chi connectivity index (χ0n) is 21.1. The van der Waals surface area contributed by atoms with Crippen LogP contribution in [0.3, 0.4) is 0 Å². The molecule has 1 amide bonds. The van der Waals surface area contributed by atoms with Gasteiger partial charge < -0.3 is 19.4 Å². The van der Waals surface area contributed by atoms with Gasteiger partial charge in [0.15, 0.2) is 0 Å². The molecule has 0 fully saturated rings. The molecule has 4 heterocycles. The number of rotatable bonds is 9. The number of aromatic nitrogens is 2. The summed E-state index contributed by atoms with van der Waals surface area (Å²) in [6, 6.07) is 11.5. The second kappa shape index (κ2) is 10.8. The highest BCUT2D eigenvalue weighted by Crippen LogP contribution is 2.40. The molecule has 3 aromatic rings. The molecule has 0 saturated heterocycles. The van der Waals surface area contributed by atoms with Crippen molar-refractivity contribution >= 4 is 50.3 Å². The fourth-order valence-corrected chi connectivity index (χ4v) is 6.77. The van der Waals surface area contributed by atoms with Gasteiger partial charge in [-0.1, -0.05) is 46.7 Å². The highest BCUT2D eigenvalue weighted by Gasteiger charge is 2.50. The van der Waals surface area contributed by atoms with Crippen molar-refractivity contribution < 1.29 is 23.9 Å². The van der Waals surface area contributed by atoms with Crippen LogP contribution in [0.4, 0.5) is 4.79 Å². The number of benzene rings is 1. The van der Waals surface area contributed by atoms with Gasteiger partial charge in [-0.3, -0.25) is 9.59 Å². The zero-order valence-corrected chi connectivity index (χ0v) is 22.7. The van der Waals surface area contributed by atoms with Crippen molar-refractivity contribution in [1.82, 2.24) is 14.9 Å². The summed E-state index contributed by atoms with van der Waals surface area (Å²) >= 11 is 0. The van der Waals surface area contributed by atoms with Crippen LogP contribution >= 0.6 is 21.6 Å². The molecule has 1 N–H and O–H groups in total. The Morgan fingerprint density at radius 3 is 2.76 bits per heavy atom. The van der Waals surface area contributed by atoms with Crippen LogP contribution in [-0.4, -0.2) is 45.4 Å². The molecule has 0 aliphatic carbocycles. The number of carbonyl (C=O) groups excluding carboxylic acids is 3. The average Bonchev–Trinajstić information content (AvgIpc) is 3.26. The second-order valence-corrected chi connectivity index (χ2v) is 11.9. The summed E-state index contributed by atoms with van der Waals surface area (Å²) < 4.78 is 12.8. The van der Waals surface area contributed by atoms with Crippen LogP contribution in [0.25, 0.3) is 22.3 Å². The van der Waals surface area contributed by atoms with Gasteiger partial charge in [0.25, 0.3) is 5.56 Å². The van der Waals surface area contributed by atoms with Gasteiger partial charge in [0.05, 0.1) is 29.0 Å². The number of hydrogen-bond donors (Lipinski definition) is 1. The third-order valence-corrected chi connectivity index (χ3v) is 9.14. The molecule has 0 spiro atoms. The molecule has 0 saturated carbocycles. The fraction of sp³-hybridized carbons (Fsp3) is 0.370. The first kappa shape index (κ1) is 26.3. The number of cyclic esters (lactones) is 1. The maximum atomic E-state index is 13.6. The Hall–Kier alpha value is -3.31. The van der Waals surface area contributed by atoms with E-state index in [0.717, 1.165) is 16.5 Å². The summed E-state index contributed by atoms with van der Waals surface area (Å²) in [5, 5.41) is 3.66. The van der Waals surface area contributed by atoms with Crippen LogP contribution in [0.1, 0.15) is 43.4 Å². The van der Waals surface area contributed by atoms with E-state index in [1.54, 1.807) is 35.3 Å². The van der Waals surface area contributed by atoms with Crippen LogP contribution in [0.2, 0.25) is 0 Å². The Morgan fingerprint density at radius 1 is 1.18 bits per heavy atom. The maximum absolute atomic E-state index is 13.6. The predicted octanol–water partition coefficient (Wildman–Crippen LogP) is 4.17. The van der Waals surface area contributed by atoms with E-state index < -0.39 is 17.7 Å². The van der Waals surface area contributed by atoms with E-state index in [-0.39, 0.29) is 24.4 Å². The summed E-state index contributed by atoms with van der Waals surface area (Å²) in [4.78, 5) is 55.3. The Bertz CT molecular complexity index is 1500. The monoisotopic (exact) mass is 553 g/mol. The van der Waals surface area contributed by atoms with Crippen LogP contribution in [-0.2, 0) is 37.8 Å². The van der Waals surface area contributed by atoms with Crippen molar-refractivity contribution in [2.75, 3.05) is 18.1 Å². The SMILES string of the molecule is CC[C@@]1(OC(=O)NCCSSCCC(C)=O)C(=O)OCc2c1cc1n(c2=O)Cc2cc3ccccc3nc2-1. The molecule has 2 aliphatic rings. The molecular weight excluding hydrogens is 526 g/mol. The minimum Gasteiger partial charge on any atom is -0.457 e. The first-order chi connectivity index (χ1) is 18.3. The first-order valence-corrected chi connectivity index (χ1v) is 14.9. The lowest BCUT2D eigenvalue weighted by molar-refractivity contribution is -0.172. The summed E-state index contributed by atoms with van der Waals surface area (Å²) in [6.45, 7) is 3.77. The normalized spacial score (nSPS) is 17.4. The van der Waals surface area contributed by atoms with Gasteiger partial charge in [0.1, 0.15) is 12.4 Å². The van der Waals surface area contributed by atoms with E-state index >= 15 is 0 Å². The van der Waals surface area contributed by atoms with Crippen molar-refractivity contribution in [3.63, 3.8) is 0 Å². The third kappa shape index (κ3) is 4.80. The number of alkyl carbamates (subject to hydrolysis) is 1. The Morgan fingerprint density at radius 2 is 1.97 bits per heavy atom. The number of fused-ring (bicyclic) bond motifs is 5. The fourth-order valence-electron chi connectivity index (χ4n) is 4.77. The summed E-state index contributed by atoms with van der Waals surface area (Å²) in [5.41, 5.74) is 1.61. The van der Waals surface area contributed by atoms with Gasteiger partial charge in [-0.2, -0.15) is 0 Å². The Labute approximate surface area is 227 Å². The van der Waals surface area contributed by atoms with Crippen LogP contribution < -0.4 is 10.9 Å². The predicted molar refractivity (Wildman–Crippen MR) is 147 cm³/mol. The molecule has 198 valence electrons. The smallest absolute Gasteiger partial charge is 0.408 e.